The normalized spacial score (nSPS) is 10.4. The Morgan fingerprint density at radius 2 is 2.15 bits per heavy atom. The minimum atomic E-state index is -0.795. The van der Waals surface area contributed by atoms with E-state index in [2.05, 4.69) is 16.0 Å². The van der Waals surface area contributed by atoms with E-state index in [1.54, 1.807) is 0 Å². The second-order valence-corrected chi connectivity index (χ2v) is 5.14. The number of aromatic nitrogens is 1. The molecule has 0 unspecified atom stereocenters. The fourth-order valence-electron chi connectivity index (χ4n) is 2.23. The van der Waals surface area contributed by atoms with Crippen molar-refractivity contribution in [2.24, 2.45) is 0 Å². The van der Waals surface area contributed by atoms with Gasteiger partial charge in [0.2, 0.25) is 0 Å². The van der Waals surface area contributed by atoms with Gasteiger partial charge >= 0.3 is 5.97 Å². The number of rotatable bonds is 6. The number of carbonyl (C=O) groups is 1. The van der Waals surface area contributed by atoms with Crippen molar-refractivity contribution < 1.29 is 9.90 Å². The summed E-state index contributed by atoms with van der Waals surface area (Å²) in [5, 5.41) is 18.1. The number of anilines is 1. The standard InChI is InChI=1S/C15H21N3O2/c1-10(2)18(7-5-6-15(19)20)14-8-11(3)17-12(4)13(14)9-16/h8,10H,5-7H2,1-4H3,(H,19,20). The average molecular weight is 275 g/mol. The Bertz CT molecular complexity index is 533. The van der Waals surface area contributed by atoms with Gasteiger partial charge in [-0.2, -0.15) is 5.26 Å². The van der Waals surface area contributed by atoms with Gasteiger partial charge in [0.05, 0.1) is 16.9 Å². The Balaban J connectivity index is 3.09. The van der Waals surface area contributed by atoms with Crippen LogP contribution in [0.15, 0.2) is 6.07 Å². The van der Waals surface area contributed by atoms with Crippen molar-refractivity contribution in [1.82, 2.24) is 4.98 Å². The molecule has 20 heavy (non-hydrogen) atoms. The monoisotopic (exact) mass is 275 g/mol. The number of nitrogens with zero attached hydrogens (tertiary/aromatic N) is 3. The number of carboxylic acids is 1. The third-order valence-electron chi connectivity index (χ3n) is 3.14. The van der Waals surface area contributed by atoms with Crippen LogP contribution >= 0.6 is 0 Å². The number of pyridine rings is 1. The average Bonchev–Trinajstić information content (AvgIpc) is 2.33. The molecule has 0 saturated heterocycles. The molecular formula is C15H21N3O2. The predicted octanol–water partition coefficient (Wildman–Crippen LogP) is 2.65. The van der Waals surface area contributed by atoms with Crippen LogP contribution in [-0.2, 0) is 4.79 Å². The molecule has 1 N–H and O–H groups in total. The molecule has 0 aliphatic heterocycles. The maximum atomic E-state index is 10.6. The summed E-state index contributed by atoms with van der Waals surface area (Å²) in [5.74, 6) is -0.795. The van der Waals surface area contributed by atoms with E-state index in [9.17, 15) is 10.1 Å². The van der Waals surface area contributed by atoms with Crippen LogP contribution in [0.1, 0.15) is 43.6 Å². The van der Waals surface area contributed by atoms with Crippen LogP contribution in [-0.4, -0.2) is 28.6 Å². The van der Waals surface area contributed by atoms with Crippen molar-refractivity contribution in [3.8, 4) is 6.07 Å². The van der Waals surface area contributed by atoms with Gasteiger partial charge in [0.15, 0.2) is 0 Å². The van der Waals surface area contributed by atoms with Gasteiger partial charge in [0.25, 0.3) is 0 Å². The van der Waals surface area contributed by atoms with Crippen LogP contribution in [0, 0.1) is 25.2 Å². The highest BCUT2D eigenvalue weighted by Crippen LogP contribution is 2.25. The van der Waals surface area contributed by atoms with Crippen molar-refractivity contribution in [3.05, 3.63) is 23.0 Å². The summed E-state index contributed by atoms with van der Waals surface area (Å²) < 4.78 is 0. The van der Waals surface area contributed by atoms with Gasteiger partial charge in [-0.25, -0.2) is 0 Å². The highest BCUT2D eigenvalue weighted by molar-refractivity contribution is 5.67. The maximum Gasteiger partial charge on any atom is 0.303 e. The predicted molar refractivity (Wildman–Crippen MR) is 77.8 cm³/mol. The third kappa shape index (κ3) is 3.95. The Morgan fingerprint density at radius 1 is 1.50 bits per heavy atom. The maximum absolute atomic E-state index is 10.6. The van der Waals surface area contributed by atoms with E-state index >= 15 is 0 Å². The molecule has 108 valence electrons. The van der Waals surface area contributed by atoms with E-state index in [1.807, 2.05) is 33.8 Å². The summed E-state index contributed by atoms with van der Waals surface area (Å²) in [6, 6.07) is 4.29. The highest BCUT2D eigenvalue weighted by Gasteiger charge is 2.17. The zero-order valence-corrected chi connectivity index (χ0v) is 12.5. The minimum Gasteiger partial charge on any atom is -0.481 e. The molecule has 0 radical (unpaired) electrons. The van der Waals surface area contributed by atoms with E-state index in [-0.39, 0.29) is 12.5 Å². The quantitative estimate of drug-likeness (QED) is 0.863. The Morgan fingerprint density at radius 3 is 2.65 bits per heavy atom. The third-order valence-corrected chi connectivity index (χ3v) is 3.14. The van der Waals surface area contributed by atoms with Crippen LogP contribution in [0.25, 0.3) is 0 Å². The number of aliphatic carboxylic acids is 1. The Labute approximate surface area is 119 Å². The van der Waals surface area contributed by atoms with E-state index in [0.717, 1.165) is 11.4 Å². The molecule has 1 aromatic heterocycles. The minimum absolute atomic E-state index is 0.133. The summed E-state index contributed by atoms with van der Waals surface area (Å²) >= 11 is 0. The summed E-state index contributed by atoms with van der Waals surface area (Å²) in [7, 11) is 0. The van der Waals surface area contributed by atoms with Gasteiger partial charge in [-0.3, -0.25) is 9.78 Å². The molecule has 0 saturated carbocycles. The fourth-order valence-corrected chi connectivity index (χ4v) is 2.23. The number of carboxylic acid groups (broad SMARTS) is 1. The second-order valence-electron chi connectivity index (χ2n) is 5.14. The van der Waals surface area contributed by atoms with Crippen LogP contribution in [0.4, 0.5) is 5.69 Å². The molecule has 0 fully saturated rings. The molecule has 1 heterocycles. The molecule has 0 aliphatic carbocycles. The van der Waals surface area contributed by atoms with Crippen LogP contribution in [0.2, 0.25) is 0 Å². The lowest BCUT2D eigenvalue weighted by molar-refractivity contribution is -0.137. The molecule has 5 heteroatoms. The first-order valence-electron chi connectivity index (χ1n) is 6.73. The second kappa shape index (κ2) is 6.90. The fraction of sp³-hybridized carbons (Fsp3) is 0.533. The SMILES string of the molecule is Cc1cc(N(CCCC(=O)O)C(C)C)c(C#N)c(C)n1. The summed E-state index contributed by atoms with van der Waals surface area (Å²) in [6.45, 7) is 8.40. The number of aryl methyl sites for hydroxylation is 2. The van der Waals surface area contributed by atoms with Crippen LogP contribution in [0.5, 0.6) is 0 Å². The molecule has 0 aliphatic rings. The zero-order valence-electron chi connectivity index (χ0n) is 12.5. The molecule has 1 aromatic rings. The highest BCUT2D eigenvalue weighted by atomic mass is 16.4. The molecule has 0 bridgehead atoms. The lowest BCUT2D eigenvalue weighted by atomic mass is 10.1. The largest absolute Gasteiger partial charge is 0.481 e. The molecular weight excluding hydrogens is 254 g/mol. The van der Waals surface area contributed by atoms with Gasteiger partial charge in [-0.15, -0.1) is 0 Å². The Kier molecular flexibility index (Phi) is 5.51. The van der Waals surface area contributed by atoms with Crippen molar-refractivity contribution >= 4 is 11.7 Å². The van der Waals surface area contributed by atoms with Crippen LogP contribution in [0.3, 0.4) is 0 Å². The van der Waals surface area contributed by atoms with Gasteiger partial charge < -0.3 is 10.0 Å². The molecule has 0 spiro atoms. The van der Waals surface area contributed by atoms with E-state index in [0.29, 0.717) is 24.2 Å². The van der Waals surface area contributed by atoms with E-state index in [4.69, 9.17) is 5.11 Å². The molecule has 1 rings (SSSR count). The molecule has 0 aromatic carbocycles. The van der Waals surface area contributed by atoms with Gasteiger partial charge in [0.1, 0.15) is 6.07 Å². The molecule has 0 atom stereocenters. The summed E-state index contributed by atoms with van der Waals surface area (Å²) in [4.78, 5) is 17.0. The number of nitriles is 1. The Hall–Kier alpha value is -2.09. The molecule has 0 amide bonds. The van der Waals surface area contributed by atoms with Crippen molar-refractivity contribution in [1.29, 1.82) is 5.26 Å². The lowest BCUT2D eigenvalue weighted by Crippen LogP contribution is -2.33. The topological polar surface area (TPSA) is 77.2 Å². The summed E-state index contributed by atoms with van der Waals surface area (Å²) in [5.41, 5.74) is 2.99. The van der Waals surface area contributed by atoms with E-state index in [1.165, 1.54) is 0 Å². The first-order chi connectivity index (χ1) is 9.36. The first-order valence-corrected chi connectivity index (χ1v) is 6.73. The van der Waals surface area contributed by atoms with Crippen molar-refractivity contribution in [2.75, 3.05) is 11.4 Å². The van der Waals surface area contributed by atoms with Gasteiger partial charge in [0, 0.05) is 24.7 Å². The van der Waals surface area contributed by atoms with Crippen molar-refractivity contribution in [2.45, 2.75) is 46.6 Å². The summed E-state index contributed by atoms with van der Waals surface area (Å²) in [6.07, 6.45) is 0.687. The number of hydrogen-bond acceptors (Lipinski definition) is 4. The van der Waals surface area contributed by atoms with Crippen molar-refractivity contribution in [3.63, 3.8) is 0 Å². The lowest BCUT2D eigenvalue weighted by Gasteiger charge is -2.30. The smallest absolute Gasteiger partial charge is 0.303 e. The number of hydrogen-bond donors (Lipinski definition) is 1. The van der Waals surface area contributed by atoms with Gasteiger partial charge in [-0.05, 0) is 40.2 Å². The van der Waals surface area contributed by atoms with Crippen LogP contribution < -0.4 is 4.90 Å². The molecule has 5 nitrogen and oxygen atoms in total. The van der Waals surface area contributed by atoms with E-state index < -0.39 is 5.97 Å². The van der Waals surface area contributed by atoms with Gasteiger partial charge in [-0.1, -0.05) is 0 Å². The zero-order chi connectivity index (χ0) is 15.3. The first kappa shape index (κ1) is 16.0.